The molecule has 0 aliphatic rings. The van der Waals surface area contributed by atoms with Gasteiger partial charge in [0.05, 0.1) is 13.5 Å². The lowest BCUT2D eigenvalue weighted by atomic mass is 9.92. The third-order valence-corrected chi connectivity index (χ3v) is 7.35. The Morgan fingerprint density at radius 1 is 0.757 bits per heavy atom. The minimum atomic E-state index is 0.461. The first-order valence-electron chi connectivity index (χ1n) is 12.8. The predicted octanol–water partition coefficient (Wildman–Crippen LogP) is 8.91. The molecular weight excluding hydrogens is 452 g/mol. The number of nitrogens with zero attached hydrogens (tertiary/aromatic N) is 2. The van der Waals surface area contributed by atoms with E-state index in [2.05, 4.69) is 52.7 Å². The van der Waals surface area contributed by atoms with E-state index in [-0.39, 0.29) is 0 Å². The van der Waals surface area contributed by atoms with E-state index < -0.39 is 0 Å². The van der Waals surface area contributed by atoms with Crippen LogP contribution in [0.4, 0.5) is 5.69 Å². The second kappa shape index (κ2) is 8.05. The molecule has 0 aliphatic heterocycles. The molecule has 3 nitrogen and oxygen atoms in total. The molecule has 0 fully saturated rings. The van der Waals surface area contributed by atoms with E-state index in [1.54, 1.807) is 0 Å². The average Bonchev–Trinajstić information content (AvgIpc) is 3.34. The van der Waals surface area contributed by atoms with E-state index in [9.17, 15) is 1.37 Å². The number of hydrogen-bond acceptors (Lipinski definition) is 1. The highest BCUT2D eigenvalue weighted by atomic mass is 16.3. The zero-order valence-corrected chi connectivity index (χ0v) is 20.5. The van der Waals surface area contributed by atoms with Crippen molar-refractivity contribution in [2.45, 2.75) is 6.92 Å². The van der Waals surface area contributed by atoms with Gasteiger partial charge in [0, 0.05) is 28.5 Å². The molecule has 7 rings (SSSR count). The molecule has 0 radical (unpaired) electrons. The van der Waals surface area contributed by atoms with Crippen molar-refractivity contribution in [1.29, 1.82) is 0 Å². The normalized spacial score (nSPS) is 11.9. The summed E-state index contributed by atoms with van der Waals surface area (Å²) >= 11 is 0. The van der Waals surface area contributed by atoms with Crippen molar-refractivity contribution in [2.24, 2.45) is 7.05 Å². The van der Waals surface area contributed by atoms with Crippen molar-refractivity contribution in [2.75, 3.05) is 0 Å². The molecule has 0 atom stereocenters. The van der Waals surface area contributed by atoms with Crippen molar-refractivity contribution in [3.05, 3.63) is 120 Å². The highest BCUT2D eigenvalue weighted by Crippen LogP contribution is 2.46. The topological polar surface area (TPSA) is 21.4 Å². The van der Waals surface area contributed by atoms with Crippen molar-refractivity contribution >= 4 is 49.2 Å². The molecular formula is C34H23N2O+. The molecule has 0 spiro atoms. The Labute approximate surface area is 216 Å². The standard InChI is InChI=1S/C34H23N2O/c1-21-15-16-27-32-29(35-2)18-17-26(33(32)37-34(27)31(21)30-14-8-9-19-36(30)3)28-20-22-10-4-5-11-23(22)24-12-6-7-13-25(24)28/h4-20H,1,3H3/q+1/i20D. The van der Waals surface area contributed by atoms with Gasteiger partial charge in [-0.2, -0.15) is 0 Å². The van der Waals surface area contributed by atoms with Gasteiger partial charge in [0.15, 0.2) is 11.9 Å². The van der Waals surface area contributed by atoms with Crippen LogP contribution < -0.4 is 4.57 Å². The van der Waals surface area contributed by atoms with Crippen LogP contribution in [-0.4, -0.2) is 0 Å². The second-order valence-corrected chi connectivity index (χ2v) is 9.47. The highest BCUT2D eigenvalue weighted by molar-refractivity contribution is 6.21. The van der Waals surface area contributed by atoms with Crippen molar-refractivity contribution in [3.63, 3.8) is 0 Å². The van der Waals surface area contributed by atoms with Crippen LogP contribution in [0.3, 0.4) is 0 Å². The first kappa shape index (κ1) is 20.3. The molecule has 37 heavy (non-hydrogen) atoms. The fraction of sp³-hybridized carbons (Fsp3) is 0.0588. The number of hydrogen-bond donors (Lipinski definition) is 0. The largest absolute Gasteiger partial charge is 0.456 e. The zero-order chi connectivity index (χ0) is 26.0. The van der Waals surface area contributed by atoms with Crippen molar-refractivity contribution in [3.8, 4) is 22.4 Å². The summed E-state index contributed by atoms with van der Waals surface area (Å²) in [4.78, 5) is 3.87. The molecule has 3 heteroatoms. The number of rotatable bonds is 2. The van der Waals surface area contributed by atoms with Crippen LogP contribution in [0.25, 0.3) is 70.7 Å². The van der Waals surface area contributed by atoms with Crippen LogP contribution in [0.15, 0.2) is 108 Å². The first-order chi connectivity index (χ1) is 18.6. The van der Waals surface area contributed by atoms with E-state index in [0.717, 1.165) is 65.8 Å². The van der Waals surface area contributed by atoms with Crippen LogP contribution in [0.1, 0.15) is 6.93 Å². The molecule has 2 aromatic heterocycles. The minimum absolute atomic E-state index is 0.461. The molecule has 0 saturated carbocycles. The van der Waals surface area contributed by atoms with Gasteiger partial charge in [0.1, 0.15) is 18.2 Å². The van der Waals surface area contributed by atoms with Gasteiger partial charge in [0.2, 0.25) is 5.69 Å². The SMILES string of the molecule is [2H]c1c(-c2ccc([N+]#[C-])c3c2oc2c(-c4cccc[n+]4C)c(C)ccc23)c2ccccc2c2ccccc12. The van der Waals surface area contributed by atoms with Crippen LogP contribution in [0, 0.1) is 13.5 Å². The highest BCUT2D eigenvalue weighted by Gasteiger charge is 2.23. The number of pyridine rings is 1. The van der Waals surface area contributed by atoms with Crippen LogP contribution in [0.5, 0.6) is 0 Å². The minimum Gasteiger partial charge on any atom is -0.456 e. The van der Waals surface area contributed by atoms with Gasteiger partial charge in [-0.05, 0) is 51.7 Å². The monoisotopic (exact) mass is 476 g/mol. The maximum absolute atomic E-state index is 9.30. The number of aryl methyl sites for hydroxylation is 2. The van der Waals surface area contributed by atoms with Gasteiger partial charge in [-0.25, -0.2) is 9.41 Å². The van der Waals surface area contributed by atoms with E-state index in [4.69, 9.17) is 11.0 Å². The molecule has 0 amide bonds. The summed E-state index contributed by atoms with van der Waals surface area (Å²) in [6.45, 7) is 10.0. The Kier molecular flexibility index (Phi) is 4.41. The van der Waals surface area contributed by atoms with Crippen LogP contribution >= 0.6 is 0 Å². The smallest absolute Gasteiger partial charge is 0.216 e. The molecule has 0 aliphatic carbocycles. The van der Waals surface area contributed by atoms with Crippen LogP contribution in [0.2, 0.25) is 0 Å². The molecule has 7 aromatic rings. The van der Waals surface area contributed by atoms with Gasteiger partial charge in [-0.3, -0.25) is 0 Å². The maximum atomic E-state index is 9.30. The quantitative estimate of drug-likeness (QED) is 0.139. The summed E-state index contributed by atoms with van der Waals surface area (Å²) < 4.78 is 18.2. The summed E-state index contributed by atoms with van der Waals surface area (Å²) in [5.41, 5.74) is 6.76. The number of benzene rings is 5. The van der Waals surface area contributed by atoms with Crippen molar-refractivity contribution in [1.82, 2.24) is 0 Å². The van der Waals surface area contributed by atoms with Gasteiger partial charge < -0.3 is 4.42 Å². The Bertz CT molecular complexity index is 2130. The first-order valence-corrected chi connectivity index (χ1v) is 12.3. The lowest BCUT2D eigenvalue weighted by Crippen LogP contribution is -2.30. The Morgan fingerprint density at radius 3 is 2.32 bits per heavy atom. The average molecular weight is 477 g/mol. The summed E-state index contributed by atoms with van der Waals surface area (Å²) in [6, 6.07) is 30.9. The van der Waals surface area contributed by atoms with Gasteiger partial charge in [0.25, 0.3) is 0 Å². The molecule has 174 valence electrons. The van der Waals surface area contributed by atoms with Gasteiger partial charge in [-0.15, -0.1) is 0 Å². The summed E-state index contributed by atoms with van der Waals surface area (Å²) in [5.74, 6) is 0. The molecule has 0 saturated heterocycles. The third kappa shape index (κ3) is 3.09. The zero-order valence-electron chi connectivity index (χ0n) is 21.5. The third-order valence-electron chi connectivity index (χ3n) is 7.35. The number of aromatic nitrogens is 1. The summed E-state index contributed by atoms with van der Waals surface area (Å²) in [6.07, 6.45) is 2.03. The fourth-order valence-corrected chi connectivity index (χ4v) is 5.59. The van der Waals surface area contributed by atoms with E-state index >= 15 is 0 Å². The lowest BCUT2D eigenvalue weighted by Gasteiger charge is -2.12. The van der Waals surface area contributed by atoms with E-state index in [1.165, 1.54) is 0 Å². The van der Waals surface area contributed by atoms with E-state index in [0.29, 0.717) is 17.3 Å². The molecule has 0 N–H and O–H groups in total. The number of fused-ring (bicyclic) bond motifs is 6. The lowest BCUT2D eigenvalue weighted by molar-refractivity contribution is -0.660. The van der Waals surface area contributed by atoms with Crippen molar-refractivity contribution < 1.29 is 10.4 Å². The van der Waals surface area contributed by atoms with Gasteiger partial charge >= 0.3 is 0 Å². The Balaban J connectivity index is 1.67. The molecule has 5 aromatic carbocycles. The van der Waals surface area contributed by atoms with Crippen LogP contribution in [-0.2, 0) is 7.05 Å². The number of furan rings is 1. The fourth-order valence-electron chi connectivity index (χ4n) is 5.59. The molecule has 2 heterocycles. The molecule has 0 unspecified atom stereocenters. The summed E-state index contributed by atoms with van der Waals surface area (Å²) in [5, 5.41) is 5.76. The van der Waals surface area contributed by atoms with E-state index in [1.807, 2.05) is 67.8 Å². The predicted molar refractivity (Wildman–Crippen MR) is 152 cm³/mol. The van der Waals surface area contributed by atoms with Gasteiger partial charge in [-0.1, -0.05) is 72.8 Å². The Hall–Kier alpha value is -4.94. The summed E-state index contributed by atoms with van der Waals surface area (Å²) in [7, 11) is 2.03. The Morgan fingerprint density at radius 2 is 1.51 bits per heavy atom. The second-order valence-electron chi connectivity index (χ2n) is 9.47. The maximum Gasteiger partial charge on any atom is 0.216 e. The molecule has 0 bridgehead atoms.